The highest BCUT2D eigenvalue weighted by molar-refractivity contribution is 6.06. The maximum Gasteiger partial charge on any atom is 0.181 e. The third kappa shape index (κ3) is 1.54. The van der Waals surface area contributed by atoms with Crippen molar-refractivity contribution in [1.29, 1.82) is 0 Å². The van der Waals surface area contributed by atoms with Crippen LogP contribution in [0.25, 0.3) is 0 Å². The molecule has 4 atom stereocenters. The highest BCUT2D eigenvalue weighted by atomic mass is 16.5. The SMILES string of the molecule is CC1=C[C@@]2(O)C(=CC1=O)[C@@]13CCCC(C)(C)[C@@H]1C[C@@H]2OC3. The zero-order chi connectivity index (χ0) is 15.0. The number of hydrogen-bond donors (Lipinski definition) is 1. The van der Waals surface area contributed by atoms with Gasteiger partial charge in [0.25, 0.3) is 0 Å². The van der Waals surface area contributed by atoms with E-state index < -0.39 is 5.60 Å². The first-order valence-electron chi connectivity index (χ1n) is 8.10. The molecule has 4 fully saturated rings. The Morgan fingerprint density at radius 3 is 2.86 bits per heavy atom. The van der Waals surface area contributed by atoms with E-state index in [0.29, 0.717) is 18.1 Å². The molecule has 2 saturated carbocycles. The summed E-state index contributed by atoms with van der Waals surface area (Å²) >= 11 is 0. The number of carbonyl (C=O) groups excluding carboxylic acids is 1. The Bertz CT molecular complexity index is 581. The van der Waals surface area contributed by atoms with Crippen LogP contribution in [-0.2, 0) is 9.53 Å². The van der Waals surface area contributed by atoms with Gasteiger partial charge in [0.1, 0.15) is 5.60 Å². The Morgan fingerprint density at radius 1 is 1.33 bits per heavy atom. The van der Waals surface area contributed by atoms with Crippen molar-refractivity contribution >= 4 is 5.78 Å². The maximum atomic E-state index is 12.2. The van der Waals surface area contributed by atoms with Crippen molar-refractivity contribution in [1.82, 2.24) is 0 Å². The van der Waals surface area contributed by atoms with Gasteiger partial charge in [0, 0.05) is 5.41 Å². The summed E-state index contributed by atoms with van der Waals surface area (Å²) in [5.41, 5.74) is 0.645. The first kappa shape index (κ1) is 13.7. The topological polar surface area (TPSA) is 46.5 Å². The molecule has 114 valence electrons. The Kier molecular flexibility index (Phi) is 2.53. The highest BCUT2D eigenvalue weighted by Gasteiger charge is 2.66. The van der Waals surface area contributed by atoms with Crippen LogP contribution in [0.15, 0.2) is 23.3 Å². The normalized spacial score (nSPS) is 47.3. The molecule has 0 amide bonds. The van der Waals surface area contributed by atoms with Crippen molar-refractivity contribution in [3.05, 3.63) is 23.3 Å². The zero-order valence-electron chi connectivity index (χ0n) is 13.1. The van der Waals surface area contributed by atoms with E-state index in [-0.39, 0.29) is 22.7 Å². The predicted octanol–water partition coefficient (Wildman–Crippen LogP) is 2.79. The highest BCUT2D eigenvalue weighted by Crippen LogP contribution is 2.66. The van der Waals surface area contributed by atoms with Crippen LogP contribution < -0.4 is 0 Å². The molecule has 0 aromatic carbocycles. The molecule has 1 N–H and O–H groups in total. The van der Waals surface area contributed by atoms with Gasteiger partial charge < -0.3 is 9.84 Å². The summed E-state index contributed by atoms with van der Waals surface area (Å²) in [6, 6.07) is 0. The smallest absolute Gasteiger partial charge is 0.181 e. The van der Waals surface area contributed by atoms with Gasteiger partial charge in [0.15, 0.2) is 5.78 Å². The molecule has 3 nitrogen and oxygen atoms in total. The molecular formula is C18H24O3. The summed E-state index contributed by atoms with van der Waals surface area (Å²) in [6.45, 7) is 7.13. The van der Waals surface area contributed by atoms with Gasteiger partial charge in [-0.15, -0.1) is 0 Å². The van der Waals surface area contributed by atoms with Crippen molar-refractivity contribution in [2.75, 3.05) is 6.61 Å². The second kappa shape index (κ2) is 3.88. The number of hydrogen-bond acceptors (Lipinski definition) is 3. The molecule has 5 aliphatic rings. The van der Waals surface area contributed by atoms with Crippen LogP contribution in [0.1, 0.15) is 46.5 Å². The van der Waals surface area contributed by atoms with E-state index in [1.54, 1.807) is 19.1 Å². The van der Waals surface area contributed by atoms with Gasteiger partial charge in [-0.3, -0.25) is 4.79 Å². The molecule has 2 heterocycles. The average Bonchev–Trinajstić information content (AvgIpc) is 2.41. The van der Waals surface area contributed by atoms with Gasteiger partial charge in [-0.05, 0) is 60.8 Å². The van der Waals surface area contributed by atoms with Gasteiger partial charge in [0.2, 0.25) is 0 Å². The number of carbonyl (C=O) groups is 1. The Labute approximate surface area is 126 Å². The number of ether oxygens (including phenoxy) is 1. The Morgan fingerprint density at radius 2 is 2.10 bits per heavy atom. The van der Waals surface area contributed by atoms with E-state index in [4.69, 9.17) is 4.74 Å². The van der Waals surface area contributed by atoms with Crippen LogP contribution in [0.3, 0.4) is 0 Å². The van der Waals surface area contributed by atoms with Crippen molar-refractivity contribution in [2.45, 2.75) is 58.2 Å². The van der Waals surface area contributed by atoms with E-state index in [0.717, 1.165) is 24.8 Å². The lowest BCUT2D eigenvalue weighted by atomic mass is 9.44. The molecule has 2 bridgehead atoms. The van der Waals surface area contributed by atoms with Crippen molar-refractivity contribution in [3.63, 3.8) is 0 Å². The second-order valence-corrected chi connectivity index (χ2v) is 8.16. The van der Waals surface area contributed by atoms with Crippen LogP contribution in [0.4, 0.5) is 0 Å². The average molecular weight is 288 g/mol. The molecule has 2 saturated heterocycles. The van der Waals surface area contributed by atoms with E-state index in [2.05, 4.69) is 13.8 Å². The van der Waals surface area contributed by atoms with Gasteiger partial charge in [0.05, 0.1) is 12.7 Å². The minimum Gasteiger partial charge on any atom is -0.379 e. The third-order valence-corrected chi connectivity index (χ3v) is 6.61. The molecule has 2 aliphatic heterocycles. The predicted molar refractivity (Wildman–Crippen MR) is 79.7 cm³/mol. The minimum atomic E-state index is -1.06. The number of fused-ring (bicyclic) bond motifs is 1. The molecule has 0 aromatic rings. The molecule has 21 heavy (non-hydrogen) atoms. The standard InChI is InChI=1S/C18H24O3/c1-11-9-18(20)14(7-12(11)19)17-6-4-5-16(2,3)13(17)8-15(18)21-10-17/h7,9,13,15,20H,4-6,8,10H2,1-3H3/t13-,15-,17+,18+/m0/s1. The number of rotatable bonds is 0. The molecule has 0 unspecified atom stereocenters. The monoisotopic (exact) mass is 288 g/mol. The fraction of sp³-hybridized carbons (Fsp3) is 0.722. The Balaban J connectivity index is 1.90. The fourth-order valence-electron chi connectivity index (χ4n) is 5.56. The molecule has 0 radical (unpaired) electrons. The van der Waals surface area contributed by atoms with Gasteiger partial charge >= 0.3 is 0 Å². The number of ketones is 1. The molecule has 3 heteroatoms. The van der Waals surface area contributed by atoms with E-state index >= 15 is 0 Å². The summed E-state index contributed by atoms with van der Waals surface area (Å²) < 4.78 is 6.04. The van der Waals surface area contributed by atoms with Gasteiger partial charge in [-0.1, -0.05) is 20.3 Å². The maximum absolute atomic E-state index is 12.2. The van der Waals surface area contributed by atoms with Crippen LogP contribution in [0, 0.1) is 16.7 Å². The van der Waals surface area contributed by atoms with Crippen LogP contribution >= 0.6 is 0 Å². The first-order chi connectivity index (χ1) is 9.80. The summed E-state index contributed by atoms with van der Waals surface area (Å²) in [7, 11) is 0. The van der Waals surface area contributed by atoms with Crippen molar-refractivity contribution < 1.29 is 14.6 Å². The van der Waals surface area contributed by atoms with E-state index in [1.165, 1.54) is 6.42 Å². The van der Waals surface area contributed by atoms with E-state index in [9.17, 15) is 9.90 Å². The Hall–Kier alpha value is -0.930. The van der Waals surface area contributed by atoms with Crippen LogP contribution in [0.5, 0.6) is 0 Å². The van der Waals surface area contributed by atoms with Gasteiger partial charge in [-0.2, -0.15) is 0 Å². The lowest BCUT2D eigenvalue weighted by Gasteiger charge is -2.65. The molecular weight excluding hydrogens is 264 g/mol. The van der Waals surface area contributed by atoms with Gasteiger partial charge in [-0.25, -0.2) is 0 Å². The zero-order valence-corrected chi connectivity index (χ0v) is 13.1. The summed E-state index contributed by atoms with van der Waals surface area (Å²) in [4.78, 5) is 12.2. The molecule has 1 spiro atoms. The first-order valence-corrected chi connectivity index (χ1v) is 8.10. The molecule has 0 aromatic heterocycles. The van der Waals surface area contributed by atoms with E-state index in [1.807, 2.05) is 0 Å². The number of allylic oxidation sites excluding steroid dienone is 2. The van der Waals surface area contributed by atoms with Crippen molar-refractivity contribution in [2.24, 2.45) is 16.7 Å². The summed E-state index contributed by atoms with van der Waals surface area (Å²) in [5, 5.41) is 11.3. The van der Waals surface area contributed by atoms with Crippen LogP contribution in [-0.4, -0.2) is 29.2 Å². The summed E-state index contributed by atoms with van der Waals surface area (Å²) in [6.07, 6.45) is 7.59. The van der Waals surface area contributed by atoms with Crippen LogP contribution in [0.2, 0.25) is 0 Å². The summed E-state index contributed by atoms with van der Waals surface area (Å²) in [5.74, 6) is 0.558. The molecule has 5 rings (SSSR count). The number of aliphatic hydroxyl groups is 1. The largest absolute Gasteiger partial charge is 0.379 e. The lowest BCUT2D eigenvalue weighted by molar-refractivity contribution is -0.224. The van der Waals surface area contributed by atoms with Crippen molar-refractivity contribution in [3.8, 4) is 0 Å². The quantitative estimate of drug-likeness (QED) is 0.745. The lowest BCUT2D eigenvalue weighted by Crippen LogP contribution is -2.67. The second-order valence-electron chi connectivity index (χ2n) is 8.16. The third-order valence-electron chi connectivity index (χ3n) is 6.61. The molecule has 3 aliphatic carbocycles. The minimum absolute atomic E-state index is 0.0544. The fourth-order valence-corrected chi connectivity index (χ4v) is 5.56.